The maximum Gasteiger partial charge on any atom is 0.336 e. The highest BCUT2D eigenvalue weighted by Crippen LogP contribution is 2.29. The summed E-state index contributed by atoms with van der Waals surface area (Å²) >= 11 is 12.0. The quantitative estimate of drug-likeness (QED) is 0.541. The van der Waals surface area contributed by atoms with Crippen LogP contribution in [-0.4, -0.2) is 31.4 Å². The zero-order valence-electron chi connectivity index (χ0n) is 15.5. The number of hydrogen-bond donors (Lipinski definition) is 1. The third kappa shape index (κ3) is 5.03. The number of Topliss-reactive ketones (excluding diaryl/α,β-unsaturated/α-hetero) is 1. The van der Waals surface area contributed by atoms with Crippen LogP contribution in [0.3, 0.4) is 0 Å². The van der Waals surface area contributed by atoms with Gasteiger partial charge in [-0.1, -0.05) is 29.3 Å². The molecule has 1 amide bonds. The van der Waals surface area contributed by atoms with Crippen molar-refractivity contribution in [2.45, 2.75) is 19.4 Å². The van der Waals surface area contributed by atoms with Gasteiger partial charge in [0, 0.05) is 5.56 Å². The zero-order chi connectivity index (χ0) is 20.9. The molecule has 0 saturated heterocycles. The van der Waals surface area contributed by atoms with Crippen LogP contribution in [0.25, 0.3) is 0 Å². The number of rotatable bonds is 7. The average Bonchev–Trinajstić information content (AvgIpc) is 2.67. The summed E-state index contributed by atoms with van der Waals surface area (Å²) in [5, 5.41) is 3.17. The predicted molar refractivity (Wildman–Crippen MR) is 106 cm³/mol. The molecule has 28 heavy (non-hydrogen) atoms. The molecule has 2 rings (SSSR count). The number of nitrogens with one attached hydrogen (secondary N) is 1. The zero-order valence-corrected chi connectivity index (χ0v) is 17.1. The Labute approximate surface area is 172 Å². The van der Waals surface area contributed by atoms with E-state index in [1.54, 1.807) is 30.3 Å². The first-order valence-electron chi connectivity index (χ1n) is 8.26. The van der Waals surface area contributed by atoms with E-state index in [0.29, 0.717) is 21.9 Å². The number of benzene rings is 2. The highest BCUT2D eigenvalue weighted by molar-refractivity contribution is 6.42. The molecule has 0 aliphatic carbocycles. The van der Waals surface area contributed by atoms with Crippen LogP contribution in [0.15, 0.2) is 42.5 Å². The van der Waals surface area contributed by atoms with E-state index in [1.807, 2.05) is 0 Å². The molecule has 0 heterocycles. The number of hydrogen-bond acceptors (Lipinski definition) is 5. The van der Waals surface area contributed by atoms with Gasteiger partial charge in [0.1, 0.15) is 5.75 Å². The molecule has 6 nitrogen and oxygen atoms in total. The Kier molecular flexibility index (Phi) is 7.05. The molecular formula is C20H19Cl2NO5. The van der Waals surface area contributed by atoms with Crippen LogP contribution in [0.2, 0.25) is 10.0 Å². The van der Waals surface area contributed by atoms with Gasteiger partial charge in [-0.15, -0.1) is 0 Å². The third-order valence-electron chi connectivity index (χ3n) is 4.11. The van der Waals surface area contributed by atoms with E-state index in [9.17, 15) is 14.4 Å². The number of ether oxygens (including phenoxy) is 2. The summed E-state index contributed by atoms with van der Waals surface area (Å²) in [5.41, 5.74) is -0.537. The van der Waals surface area contributed by atoms with Crippen molar-refractivity contribution < 1.29 is 23.9 Å². The molecular weight excluding hydrogens is 405 g/mol. The van der Waals surface area contributed by atoms with Crippen LogP contribution in [0.1, 0.15) is 29.8 Å². The molecule has 0 radical (unpaired) electrons. The molecule has 0 saturated carbocycles. The normalized spacial score (nSPS) is 12.6. The van der Waals surface area contributed by atoms with Crippen molar-refractivity contribution in [2.75, 3.05) is 13.7 Å². The SMILES string of the molecule is COC(=O)[C@@](C)(NC(=O)COc1ccc(C(C)=O)cc1)c1ccc(Cl)c(Cl)c1. The summed E-state index contributed by atoms with van der Waals surface area (Å²) in [6.45, 7) is 2.62. The fourth-order valence-corrected chi connectivity index (χ4v) is 2.80. The molecule has 1 atom stereocenters. The molecule has 2 aromatic carbocycles. The number of halogens is 2. The summed E-state index contributed by atoms with van der Waals surface area (Å²) in [6, 6.07) is 11.0. The second kappa shape index (κ2) is 9.08. The number of carbonyl (C=O) groups is 3. The van der Waals surface area contributed by atoms with E-state index in [-0.39, 0.29) is 17.4 Å². The Morgan fingerprint density at radius 2 is 1.68 bits per heavy atom. The minimum atomic E-state index is -1.48. The average molecular weight is 424 g/mol. The lowest BCUT2D eigenvalue weighted by Gasteiger charge is -2.28. The van der Waals surface area contributed by atoms with Crippen molar-refractivity contribution >= 4 is 40.9 Å². The molecule has 1 N–H and O–H groups in total. The summed E-state index contributed by atoms with van der Waals surface area (Å²) in [5.74, 6) is -0.881. The Morgan fingerprint density at radius 1 is 1.04 bits per heavy atom. The van der Waals surface area contributed by atoms with Crippen molar-refractivity contribution in [1.29, 1.82) is 0 Å². The number of amides is 1. The molecule has 2 aromatic rings. The molecule has 0 bridgehead atoms. The van der Waals surface area contributed by atoms with Crippen LogP contribution >= 0.6 is 23.2 Å². The second-order valence-corrected chi connectivity index (χ2v) is 6.98. The number of carbonyl (C=O) groups excluding carboxylic acids is 3. The first-order chi connectivity index (χ1) is 13.2. The van der Waals surface area contributed by atoms with Crippen LogP contribution < -0.4 is 10.1 Å². The van der Waals surface area contributed by atoms with E-state index in [1.165, 1.54) is 33.1 Å². The lowest BCUT2D eigenvalue weighted by atomic mass is 9.92. The molecule has 0 spiro atoms. The van der Waals surface area contributed by atoms with Gasteiger partial charge in [-0.25, -0.2) is 4.79 Å². The van der Waals surface area contributed by atoms with E-state index in [2.05, 4.69) is 5.32 Å². The molecule has 8 heteroatoms. The first-order valence-corrected chi connectivity index (χ1v) is 9.01. The van der Waals surface area contributed by atoms with Gasteiger partial charge >= 0.3 is 5.97 Å². The molecule has 0 aliphatic heterocycles. The number of ketones is 1. The van der Waals surface area contributed by atoms with E-state index < -0.39 is 17.4 Å². The maximum absolute atomic E-state index is 12.4. The van der Waals surface area contributed by atoms with Gasteiger partial charge in [-0.2, -0.15) is 0 Å². The van der Waals surface area contributed by atoms with Gasteiger partial charge in [0.2, 0.25) is 0 Å². The fourth-order valence-electron chi connectivity index (χ4n) is 2.50. The fraction of sp³-hybridized carbons (Fsp3) is 0.250. The standard InChI is InChI=1S/C20H19Cl2NO5/c1-12(24)13-4-7-15(8-5-13)28-11-18(25)23-20(2,19(26)27-3)14-6-9-16(21)17(22)10-14/h4-10H,11H2,1-3H3,(H,23,25)/t20-/m0/s1. The van der Waals surface area contributed by atoms with Crippen LogP contribution in [0.5, 0.6) is 5.75 Å². The summed E-state index contributed by atoms with van der Waals surface area (Å²) in [6.07, 6.45) is 0. The van der Waals surface area contributed by atoms with Gasteiger partial charge in [0.25, 0.3) is 5.91 Å². The van der Waals surface area contributed by atoms with Gasteiger partial charge in [-0.05, 0) is 55.8 Å². The van der Waals surface area contributed by atoms with E-state index in [0.717, 1.165) is 0 Å². The maximum atomic E-state index is 12.4. The van der Waals surface area contributed by atoms with Crippen LogP contribution in [0.4, 0.5) is 0 Å². The van der Waals surface area contributed by atoms with Gasteiger partial charge < -0.3 is 14.8 Å². The Bertz CT molecular complexity index is 898. The van der Waals surface area contributed by atoms with Crippen molar-refractivity contribution in [3.63, 3.8) is 0 Å². The molecule has 0 unspecified atom stereocenters. The minimum absolute atomic E-state index is 0.0697. The van der Waals surface area contributed by atoms with Crippen LogP contribution in [0, 0.1) is 0 Å². The van der Waals surface area contributed by atoms with Crippen molar-refractivity contribution in [3.05, 3.63) is 63.6 Å². The van der Waals surface area contributed by atoms with Crippen molar-refractivity contribution in [1.82, 2.24) is 5.32 Å². The predicted octanol–water partition coefficient (Wildman–Crippen LogP) is 3.78. The smallest absolute Gasteiger partial charge is 0.336 e. The highest BCUT2D eigenvalue weighted by Gasteiger charge is 2.38. The summed E-state index contributed by atoms with van der Waals surface area (Å²) in [4.78, 5) is 36.0. The summed E-state index contributed by atoms with van der Waals surface area (Å²) in [7, 11) is 1.22. The minimum Gasteiger partial charge on any atom is -0.484 e. The monoisotopic (exact) mass is 423 g/mol. The largest absolute Gasteiger partial charge is 0.484 e. The Hall–Kier alpha value is -2.57. The van der Waals surface area contributed by atoms with Crippen molar-refractivity contribution in [2.24, 2.45) is 0 Å². The van der Waals surface area contributed by atoms with Crippen molar-refractivity contribution in [3.8, 4) is 5.75 Å². The lowest BCUT2D eigenvalue weighted by Crippen LogP contribution is -2.51. The number of methoxy groups -OCH3 is 1. The Morgan fingerprint density at radius 3 is 2.21 bits per heavy atom. The molecule has 0 aromatic heterocycles. The van der Waals surface area contributed by atoms with Crippen LogP contribution in [-0.2, 0) is 19.9 Å². The van der Waals surface area contributed by atoms with Gasteiger partial charge in [-0.3, -0.25) is 9.59 Å². The summed E-state index contributed by atoms with van der Waals surface area (Å²) < 4.78 is 10.3. The Balaban J connectivity index is 2.13. The topological polar surface area (TPSA) is 81.7 Å². The molecule has 0 aliphatic rings. The molecule has 148 valence electrons. The third-order valence-corrected chi connectivity index (χ3v) is 4.85. The lowest BCUT2D eigenvalue weighted by molar-refractivity contribution is -0.151. The second-order valence-electron chi connectivity index (χ2n) is 6.16. The molecule has 0 fully saturated rings. The van der Waals surface area contributed by atoms with E-state index >= 15 is 0 Å². The van der Waals surface area contributed by atoms with Gasteiger partial charge in [0.15, 0.2) is 17.9 Å². The highest BCUT2D eigenvalue weighted by atomic mass is 35.5. The first kappa shape index (κ1) is 21.7. The van der Waals surface area contributed by atoms with E-state index in [4.69, 9.17) is 32.7 Å². The van der Waals surface area contributed by atoms with Gasteiger partial charge in [0.05, 0.1) is 17.2 Å². The number of esters is 1.